The third-order valence-corrected chi connectivity index (χ3v) is 4.71. The van der Waals surface area contributed by atoms with Gasteiger partial charge in [-0.25, -0.2) is 4.79 Å². The maximum absolute atomic E-state index is 11.3. The summed E-state index contributed by atoms with van der Waals surface area (Å²) in [5.41, 5.74) is 4.44. The number of nitrogens with one attached hydrogen (secondary N) is 2. The number of hydrogen-bond donors (Lipinski definition) is 2. The van der Waals surface area contributed by atoms with E-state index in [1.165, 1.54) is 5.56 Å². The first-order valence-corrected chi connectivity index (χ1v) is 10.1. The minimum absolute atomic E-state index is 0.156. The Bertz CT molecular complexity index is 901. The number of alkyl carbamates (subject to hydrolysis) is 1. The highest BCUT2D eigenvalue weighted by Gasteiger charge is 2.13. The van der Waals surface area contributed by atoms with E-state index in [-0.39, 0.29) is 12.7 Å². The van der Waals surface area contributed by atoms with Crippen molar-refractivity contribution in [3.63, 3.8) is 0 Å². The summed E-state index contributed by atoms with van der Waals surface area (Å²) in [6, 6.07) is 28.5. The van der Waals surface area contributed by atoms with Gasteiger partial charge in [-0.3, -0.25) is 0 Å². The molecule has 0 saturated carbocycles. The SMILES string of the molecule is CNC(=O)OCCC(OCc1cccc(NCc2ccccc2)c1)c1ccccc1. The lowest BCUT2D eigenvalue weighted by Gasteiger charge is -2.19. The normalized spacial score (nSPS) is 11.5. The molecule has 30 heavy (non-hydrogen) atoms. The lowest BCUT2D eigenvalue weighted by atomic mass is 10.1. The lowest BCUT2D eigenvalue weighted by Crippen LogP contribution is -2.20. The van der Waals surface area contributed by atoms with Crippen LogP contribution in [0.3, 0.4) is 0 Å². The van der Waals surface area contributed by atoms with E-state index in [2.05, 4.69) is 41.0 Å². The van der Waals surface area contributed by atoms with Gasteiger partial charge in [0.15, 0.2) is 0 Å². The van der Waals surface area contributed by atoms with E-state index in [0.717, 1.165) is 23.4 Å². The Labute approximate surface area is 178 Å². The summed E-state index contributed by atoms with van der Waals surface area (Å²) in [5.74, 6) is 0. The van der Waals surface area contributed by atoms with Gasteiger partial charge >= 0.3 is 6.09 Å². The molecule has 0 aromatic heterocycles. The summed E-state index contributed by atoms with van der Waals surface area (Å²) in [7, 11) is 1.55. The van der Waals surface area contributed by atoms with E-state index in [1.54, 1.807) is 7.05 Å². The van der Waals surface area contributed by atoms with Crippen molar-refractivity contribution in [3.05, 3.63) is 102 Å². The van der Waals surface area contributed by atoms with E-state index in [0.29, 0.717) is 13.0 Å². The summed E-state index contributed by atoms with van der Waals surface area (Å²) >= 11 is 0. The molecule has 3 rings (SSSR count). The predicted octanol–water partition coefficient (Wildman–Crippen LogP) is 5.30. The average molecular weight is 405 g/mol. The van der Waals surface area contributed by atoms with Crippen molar-refractivity contribution >= 4 is 11.8 Å². The topological polar surface area (TPSA) is 59.6 Å². The first kappa shape index (κ1) is 21.4. The van der Waals surface area contributed by atoms with Gasteiger partial charge in [0.05, 0.1) is 19.3 Å². The van der Waals surface area contributed by atoms with Crippen molar-refractivity contribution in [2.45, 2.75) is 25.7 Å². The molecule has 0 heterocycles. The predicted molar refractivity (Wildman–Crippen MR) is 119 cm³/mol. The van der Waals surface area contributed by atoms with Gasteiger partial charge in [0.2, 0.25) is 0 Å². The molecule has 1 atom stereocenters. The zero-order valence-corrected chi connectivity index (χ0v) is 17.2. The first-order chi connectivity index (χ1) is 14.7. The maximum atomic E-state index is 11.3. The van der Waals surface area contributed by atoms with Crippen LogP contribution in [0, 0.1) is 0 Å². The summed E-state index contributed by atoms with van der Waals surface area (Å²) in [4.78, 5) is 11.3. The molecule has 0 aliphatic heterocycles. The van der Waals surface area contributed by atoms with Crippen molar-refractivity contribution in [1.29, 1.82) is 0 Å². The number of anilines is 1. The molecule has 0 aliphatic carbocycles. The number of ether oxygens (including phenoxy) is 2. The summed E-state index contributed by atoms with van der Waals surface area (Å²) in [6.07, 6.45) is -0.000541. The molecule has 0 saturated heterocycles. The highest BCUT2D eigenvalue weighted by Crippen LogP contribution is 2.23. The minimum atomic E-state index is -0.431. The van der Waals surface area contributed by atoms with Crippen molar-refractivity contribution in [1.82, 2.24) is 5.32 Å². The number of benzene rings is 3. The third kappa shape index (κ3) is 6.94. The van der Waals surface area contributed by atoms with Crippen molar-refractivity contribution < 1.29 is 14.3 Å². The van der Waals surface area contributed by atoms with Crippen LogP contribution in [-0.4, -0.2) is 19.7 Å². The first-order valence-electron chi connectivity index (χ1n) is 10.1. The standard InChI is InChI=1S/C25H28N2O3/c1-26-25(28)29-16-15-24(22-12-6-3-7-13-22)30-19-21-11-8-14-23(17-21)27-18-20-9-4-2-5-10-20/h2-14,17,24,27H,15-16,18-19H2,1H3,(H,26,28). The maximum Gasteiger partial charge on any atom is 0.406 e. The fourth-order valence-electron chi connectivity index (χ4n) is 3.11. The molecule has 2 N–H and O–H groups in total. The molecule has 156 valence electrons. The van der Waals surface area contributed by atoms with Crippen LogP contribution in [0.25, 0.3) is 0 Å². The molecule has 0 fully saturated rings. The summed E-state index contributed by atoms with van der Waals surface area (Å²) in [6.45, 7) is 1.53. The number of amides is 1. The van der Waals surface area contributed by atoms with Crippen molar-refractivity contribution in [2.75, 3.05) is 19.0 Å². The second-order valence-electron chi connectivity index (χ2n) is 6.92. The monoisotopic (exact) mass is 404 g/mol. The van der Waals surface area contributed by atoms with Crippen molar-refractivity contribution in [3.8, 4) is 0 Å². The Kier molecular flexibility index (Phi) is 8.30. The van der Waals surface area contributed by atoms with Gasteiger partial charge in [0.25, 0.3) is 0 Å². The molecule has 0 radical (unpaired) electrons. The molecule has 0 spiro atoms. The Hall–Kier alpha value is -3.31. The van der Waals surface area contributed by atoms with Crippen LogP contribution in [0.15, 0.2) is 84.9 Å². The third-order valence-electron chi connectivity index (χ3n) is 4.71. The van der Waals surface area contributed by atoms with E-state index in [9.17, 15) is 4.79 Å². The quantitative estimate of drug-likeness (QED) is 0.481. The molecule has 5 nitrogen and oxygen atoms in total. The number of carbonyl (C=O) groups excluding carboxylic acids is 1. The van der Waals surface area contributed by atoms with Crippen LogP contribution in [0.4, 0.5) is 10.5 Å². The molecule has 3 aromatic rings. The summed E-state index contributed by atoms with van der Waals surface area (Å²) < 4.78 is 11.4. The zero-order valence-electron chi connectivity index (χ0n) is 17.2. The van der Waals surface area contributed by atoms with E-state index < -0.39 is 6.09 Å². The number of carbonyl (C=O) groups is 1. The van der Waals surface area contributed by atoms with Crippen molar-refractivity contribution in [2.24, 2.45) is 0 Å². The molecule has 1 unspecified atom stereocenters. The van der Waals surface area contributed by atoms with Gasteiger partial charge in [-0.1, -0.05) is 72.8 Å². The van der Waals surface area contributed by atoms with Gasteiger partial charge in [0, 0.05) is 25.7 Å². The van der Waals surface area contributed by atoms with Gasteiger partial charge in [-0.2, -0.15) is 0 Å². The molecule has 0 aliphatic rings. The number of hydrogen-bond acceptors (Lipinski definition) is 4. The average Bonchev–Trinajstić information content (AvgIpc) is 2.81. The van der Waals surface area contributed by atoms with Gasteiger partial charge in [-0.05, 0) is 28.8 Å². The Morgan fingerprint density at radius 3 is 2.33 bits per heavy atom. The van der Waals surface area contributed by atoms with Crippen LogP contribution < -0.4 is 10.6 Å². The van der Waals surface area contributed by atoms with Crippen LogP contribution >= 0.6 is 0 Å². The Morgan fingerprint density at radius 2 is 1.60 bits per heavy atom. The van der Waals surface area contributed by atoms with Crippen LogP contribution in [0.5, 0.6) is 0 Å². The lowest BCUT2D eigenvalue weighted by molar-refractivity contribution is 0.0199. The second-order valence-corrected chi connectivity index (χ2v) is 6.92. The van der Waals surface area contributed by atoms with Gasteiger partial charge in [-0.15, -0.1) is 0 Å². The summed E-state index contributed by atoms with van der Waals surface area (Å²) in [5, 5.41) is 5.91. The van der Waals surface area contributed by atoms with E-state index >= 15 is 0 Å². The van der Waals surface area contributed by atoms with Crippen LogP contribution in [0.1, 0.15) is 29.2 Å². The smallest absolute Gasteiger partial charge is 0.406 e. The van der Waals surface area contributed by atoms with E-state index in [1.807, 2.05) is 54.6 Å². The molecular weight excluding hydrogens is 376 g/mol. The minimum Gasteiger partial charge on any atom is -0.449 e. The van der Waals surface area contributed by atoms with E-state index in [4.69, 9.17) is 9.47 Å². The second kappa shape index (κ2) is 11.6. The van der Waals surface area contributed by atoms with Crippen LogP contribution in [0.2, 0.25) is 0 Å². The fourth-order valence-corrected chi connectivity index (χ4v) is 3.11. The Balaban J connectivity index is 1.58. The molecule has 3 aromatic carbocycles. The molecule has 5 heteroatoms. The van der Waals surface area contributed by atoms with Gasteiger partial charge < -0.3 is 20.1 Å². The van der Waals surface area contributed by atoms with Crippen LogP contribution in [-0.2, 0) is 22.6 Å². The highest BCUT2D eigenvalue weighted by atomic mass is 16.5. The largest absolute Gasteiger partial charge is 0.449 e. The number of rotatable bonds is 10. The molecular formula is C25H28N2O3. The molecule has 0 bridgehead atoms. The highest BCUT2D eigenvalue weighted by molar-refractivity contribution is 5.66. The Morgan fingerprint density at radius 1 is 0.900 bits per heavy atom. The zero-order chi connectivity index (χ0) is 21.0. The molecule has 1 amide bonds. The fraction of sp³-hybridized carbons (Fsp3) is 0.240. The van der Waals surface area contributed by atoms with Gasteiger partial charge in [0.1, 0.15) is 0 Å².